The molecular formula is C14H13FN2O3. The van der Waals surface area contributed by atoms with E-state index in [9.17, 15) is 9.18 Å². The molecule has 2 rings (SSSR count). The van der Waals surface area contributed by atoms with Gasteiger partial charge >= 0.3 is 5.97 Å². The fourth-order valence-electron chi connectivity index (χ4n) is 1.61. The molecule has 0 aliphatic heterocycles. The minimum Gasteiger partial charge on any atom is -0.497 e. The van der Waals surface area contributed by atoms with Crippen molar-refractivity contribution in [1.29, 1.82) is 0 Å². The third kappa shape index (κ3) is 3.23. The van der Waals surface area contributed by atoms with Gasteiger partial charge in [-0.1, -0.05) is 0 Å². The Balaban J connectivity index is 2.06. The summed E-state index contributed by atoms with van der Waals surface area (Å²) in [7, 11) is 1.50. The maximum Gasteiger partial charge on any atom is 0.337 e. The molecule has 1 aromatic heterocycles. The van der Waals surface area contributed by atoms with Crippen LogP contribution in [0.2, 0.25) is 0 Å². The van der Waals surface area contributed by atoms with Crippen LogP contribution in [0.1, 0.15) is 16.1 Å². The molecule has 0 radical (unpaired) electrons. The van der Waals surface area contributed by atoms with E-state index in [0.717, 1.165) is 0 Å². The number of ether oxygens (including phenoxy) is 1. The number of rotatable bonds is 5. The first-order valence-corrected chi connectivity index (χ1v) is 5.86. The largest absolute Gasteiger partial charge is 0.497 e. The van der Waals surface area contributed by atoms with Gasteiger partial charge in [0.05, 0.1) is 30.6 Å². The standard InChI is InChI=1S/C14H13FN2O3/c1-20-11-4-5-12(15)13(6-11)17-8-10-3-2-9(7-16-10)14(18)19/h2-7,17H,8H2,1H3,(H,18,19). The van der Waals surface area contributed by atoms with Crippen molar-refractivity contribution in [3.63, 3.8) is 0 Å². The molecule has 0 atom stereocenters. The molecule has 0 spiro atoms. The van der Waals surface area contributed by atoms with Crippen molar-refractivity contribution >= 4 is 11.7 Å². The van der Waals surface area contributed by atoms with Crippen LogP contribution in [-0.2, 0) is 6.54 Å². The first kappa shape index (κ1) is 13.8. The summed E-state index contributed by atoms with van der Waals surface area (Å²) in [5.41, 5.74) is 1.02. The zero-order valence-electron chi connectivity index (χ0n) is 10.8. The summed E-state index contributed by atoms with van der Waals surface area (Å²) in [6, 6.07) is 7.41. The van der Waals surface area contributed by atoms with E-state index in [1.54, 1.807) is 12.1 Å². The zero-order chi connectivity index (χ0) is 14.5. The van der Waals surface area contributed by atoms with Crippen LogP contribution < -0.4 is 10.1 Å². The second-order valence-electron chi connectivity index (χ2n) is 4.04. The van der Waals surface area contributed by atoms with Gasteiger partial charge in [0, 0.05) is 12.3 Å². The smallest absolute Gasteiger partial charge is 0.337 e. The lowest BCUT2D eigenvalue weighted by atomic mass is 10.2. The van der Waals surface area contributed by atoms with Gasteiger partial charge < -0.3 is 15.2 Å². The van der Waals surface area contributed by atoms with Crippen molar-refractivity contribution in [2.24, 2.45) is 0 Å². The molecule has 104 valence electrons. The number of nitrogens with zero attached hydrogens (tertiary/aromatic N) is 1. The fourth-order valence-corrected chi connectivity index (χ4v) is 1.61. The molecule has 0 saturated heterocycles. The van der Waals surface area contributed by atoms with Crippen LogP contribution in [0.5, 0.6) is 5.75 Å². The van der Waals surface area contributed by atoms with E-state index in [-0.39, 0.29) is 12.1 Å². The first-order chi connectivity index (χ1) is 9.60. The van der Waals surface area contributed by atoms with Crippen LogP contribution in [0.15, 0.2) is 36.5 Å². The number of carboxylic acids is 1. The van der Waals surface area contributed by atoms with Gasteiger partial charge in [0.25, 0.3) is 0 Å². The van der Waals surface area contributed by atoms with Gasteiger partial charge in [-0.05, 0) is 24.3 Å². The van der Waals surface area contributed by atoms with Gasteiger partial charge in [0.15, 0.2) is 0 Å². The number of carboxylic acid groups (broad SMARTS) is 1. The van der Waals surface area contributed by atoms with Crippen LogP contribution in [0.3, 0.4) is 0 Å². The molecule has 0 bridgehead atoms. The van der Waals surface area contributed by atoms with E-state index in [2.05, 4.69) is 10.3 Å². The van der Waals surface area contributed by atoms with Crippen molar-refractivity contribution in [2.45, 2.75) is 6.54 Å². The summed E-state index contributed by atoms with van der Waals surface area (Å²) in [6.45, 7) is 0.282. The van der Waals surface area contributed by atoms with Crippen molar-refractivity contribution in [1.82, 2.24) is 4.98 Å². The minimum atomic E-state index is -1.03. The molecule has 0 aliphatic rings. The van der Waals surface area contributed by atoms with E-state index in [1.165, 1.54) is 31.5 Å². The quantitative estimate of drug-likeness (QED) is 0.878. The molecule has 0 fully saturated rings. The third-order valence-corrected chi connectivity index (χ3v) is 2.71. The van der Waals surface area contributed by atoms with E-state index < -0.39 is 11.8 Å². The first-order valence-electron chi connectivity index (χ1n) is 5.86. The number of aromatic carboxylic acids is 1. The number of methoxy groups -OCH3 is 1. The molecule has 1 heterocycles. The molecule has 1 aromatic carbocycles. The lowest BCUT2D eigenvalue weighted by Crippen LogP contribution is -2.05. The van der Waals surface area contributed by atoms with Crippen molar-refractivity contribution < 1.29 is 19.0 Å². The molecule has 0 amide bonds. The summed E-state index contributed by atoms with van der Waals surface area (Å²) < 4.78 is 18.6. The van der Waals surface area contributed by atoms with E-state index in [4.69, 9.17) is 9.84 Å². The van der Waals surface area contributed by atoms with Gasteiger partial charge in [-0.15, -0.1) is 0 Å². The summed E-state index contributed by atoms with van der Waals surface area (Å²) in [6.07, 6.45) is 1.27. The Morgan fingerprint density at radius 2 is 2.20 bits per heavy atom. The van der Waals surface area contributed by atoms with Gasteiger partial charge in [-0.25, -0.2) is 9.18 Å². The predicted molar refractivity (Wildman–Crippen MR) is 71.5 cm³/mol. The Morgan fingerprint density at radius 1 is 1.40 bits per heavy atom. The lowest BCUT2D eigenvalue weighted by molar-refractivity contribution is 0.0696. The van der Waals surface area contributed by atoms with Gasteiger partial charge in [-0.3, -0.25) is 4.98 Å². The molecule has 0 saturated carbocycles. The molecular weight excluding hydrogens is 263 g/mol. The van der Waals surface area contributed by atoms with Crippen LogP contribution in [-0.4, -0.2) is 23.2 Å². The SMILES string of the molecule is COc1ccc(F)c(NCc2ccc(C(=O)O)cn2)c1. The number of pyridine rings is 1. The number of aromatic nitrogens is 1. The number of nitrogens with one attached hydrogen (secondary N) is 1. The maximum absolute atomic E-state index is 13.6. The number of benzene rings is 1. The van der Waals surface area contributed by atoms with Crippen LogP contribution >= 0.6 is 0 Å². The molecule has 20 heavy (non-hydrogen) atoms. The lowest BCUT2D eigenvalue weighted by Gasteiger charge is -2.09. The predicted octanol–water partition coefficient (Wildman–Crippen LogP) is 2.54. The number of anilines is 1. The van der Waals surface area contributed by atoms with Crippen molar-refractivity contribution in [3.8, 4) is 5.75 Å². The summed E-state index contributed by atoms with van der Waals surface area (Å²) >= 11 is 0. The molecule has 2 N–H and O–H groups in total. The van der Waals surface area contributed by atoms with E-state index in [1.807, 2.05) is 0 Å². The monoisotopic (exact) mass is 276 g/mol. The molecule has 0 unspecified atom stereocenters. The van der Waals surface area contributed by atoms with Crippen LogP contribution in [0, 0.1) is 5.82 Å². The summed E-state index contributed by atoms with van der Waals surface area (Å²) in [5.74, 6) is -0.883. The van der Waals surface area contributed by atoms with Gasteiger partial charge in [-0.2, -0.15) is 0 Å². The number of hydrogen-bond donors (Lipinski definition) is 2. The maximum atomic E-state index is 13.6. The molecule has 6 heteroatoms. The topological polar surface area (TPSA) is 71.5 Å². The fraction of sp³-hybridized carbons (Fsp3) is 0.143. The van der Waals surface area contributed by atoms with Gasteiger partial charge in [0.2, 0.25) is 0 Å². The highest BCUT2D eigenvalue weighted by atomic mass is 19.1. The second kappa shape index (κ2) is 6.01. The van der Waals surface area contributed by atoms with Crippen molar-refractivity contribution in [3.05, 3.63) is 53.6 Å². The highest BCUT2D eigenvalue weighted by Gasteiger charge is 2.06. The number of hydrogen-bond acceptors (Lipinski definition) is 4. The van der Waals surface area contributed by atoms with Gasteiger partial charge in [0.1, 0.15) is 11.6 Å². The van der Waals surface area contributed by atoms with Crippen molar-refractivity contribution in [2.75, 3.05) is 12.4 Å². The Morgan fingerprint density at radius 3 is 2.80 bits per heavy atom. The summed E-state index contributed by atoms with van der Waals surface area (Å²) in [4.78, 5) is 14.7. The Labute approximate surface area is 115 Å². The number of halogens is 1. The minimum absolute atomic E-state index is 0.112. The van der Waals surface area contributed by atoms with E-state index in [0.29, 0.717) is 17.1 Å². The highest BCUT2D eigenvalue weighted by molar-refractivity contribution is 5.87. The molecule has 0 aliphatic carbocycles. The third-order valence-electron chi connectivity index (χ3n) is 2.71. The average Bonchev–Trinajstić information content (AvgIpc) is 2.47. The van der Waals surface area contributed by atoms with Crippen LogP contribution in [0.25, 0.3) is 0 Å². The van der Waals surface area contributed by atoms with E-state index >= 15 is 0 Å². The average molecular weight is 276 g/mol. The molecule has 5 nitrogen and oxygen atoms in total. The summed E-state index contributed by atoms with van der Waals surface area (Å²) in [5, 5.41) is 11.6. The number of carbonyl (C=O) groups is 1. The molecule has 2 aromatic rings. The Hall–Kier alpha value is -2.63. The zero-order valence-corrected chi connectivity index (χ0v) is 10.8. The van der Waals surface area contributed by atoms with Crippen LogP contribution in [0.4, 0.5) is 10.1 Å². The Bertz CT molecular complexity index is 614. The Kier molecular flexibility index (Phi) is 4.14. The normalized spacial score (nSPS) is 10.1. The second-order valence-corrected chi connectivity index (χ2v) is 4.04. The highest BCUT2D eigenvalue weighted by Crippen LogP contribution is 2.21.